The zero-order valence-corrected chi connectivity index (χ0v) is 21.2. The molecule has 1 aromatic rings. The minimum absolute atomic E-state index is 0.0220. The van der Waals surface area contributed by atoms with Crippen LogP contribution >= 0.6 is 12.6 Å². The molecular formula is C20H34N10O6S. The number of nitrogens with two attached hydrogens (primary N) is 3. The quantitative estimate of drug-likeness (QED) is 0.0417. The topological polar surface area (TPSA) is 273 Å². The number of aliphatic carboxylic acids is 1. The van der Waals surface area contributed by atoms with Crippen molar-refractivity contribution < 1.29 is 29.1 Å². The average molecular weight is 543 g/mol. The molecule has 0 aliphatic carbocycles. The highest BCUT2D eigenvalue weighted by atomic mass is 32.1. The number of thiol groups is 1. The van der Waals surface area contributed by atoms with Gasteiger partial charge < -0.3 is 48.6 Å². The van der Waals surface area contributed by atoms with Crippen molar-refractivity contribution in [1.29, 1.82) is 0 Å². The summed E-state index contributed by atoms with van der Waals surface area (Å²) in [5, 5.41) is 19.0. The zero-order chi connectivity index (χ0) is 28.0. The van der Waals surface area contributed by atoms with Gasteiger partial charge in [0.05, 0.1) is 12.9 Å². The summed E-state index contributed by atoms with van der Waals surface area (Å²) in [4.78, 5) is 72.0. The van der Waals surface area contributed by atoms with Gasteiger partial charge in [-0.05, 0) is 19.8 Å². The van der Waals surface area contributed by atoms with Gasteiger partial charge in [-0.3, -0.25) is 24.2 Å². The van der Waals surface area contributed by atoms with Gasteiger partial charge in [0.15, 0.2) is 5.96 Å². The van der Waals surface area contributed by atoms with Crippen LogP contribution in [-0.4, -0.2) is 93.6 Å². The number of carbonyl (C=O) groups is 5. The molecule has 4 atom stereocenters. The fraction of sp³-hybridized carbons (Fsp3) is 0.550. The van der Waals surface area contributed by atoms with Gasteiger partial charge in [0.25, 0.3) is 0 Å². The van der Waals surface area contributed by atoms with Crippen LogP contribution in [0.3, 0.4) is 0 Å². The molecule has 0 unspecified atom stereocenters. The van der Waals surface area contributed by atoms with Gasteiger partial charge in [-0.2, -0.15) is 12.6 Å². The SMILES string of the molecule is C[C@H](NC(=O)CN)C(=O)N[C@@H](Cc1cnc[nH]1)C(=O)N[C@@H](CCCN=C(N)N)C(=O)N[C@@H](CS)C(=O)O. The van der Waals surface area contributed by atoms with Crippen molar-refractivity contribution in [2.45, 2.75) is 50.4 Å². The Bertz CT molecular complexity index is 953. The maximum absolute atomic E-state index is 13.2. The second kappa shape index (κ2) is 16.0. The molecule has 0 aliphatic rings. The van der Waals surface area contributed by atoms with Crippen molar-refractivity contribution >= 4 is 48.2 Å². The number of carboxylic acid groups (broad SMARTS) is 1. The van der Waals surface area contributed by atoms with Gasteiger partial charge in [-0.15, -0.1) is 0 Å². The van der Waals surface area contributed by atoms with E-state index in [0.29, 0.717) is 5.69 Å². The molecule has 0 saturated carbocycles. The maximum atomic E-state index is 13.2. The largest absolute Gasteiger partial charge is 0.480 e. The molecule has 0 aromatic carbocycles. The highest BCUT2D eigenvalue weighted by molar-refractivity contribution is 7.80. The lowest BCUT2D eigenvalue weighted by Gasteiger charge is -2.25. The smallest absolute Gasteiger partial charge is 0.327 e. The van der Waals surface area contributed by atoms with Gasteiger partial charge in [-0.1, -0.05) is 0 Å². The molecule has 12 N–H and O–H groups in total. The van der Waals surface area contributed by atoms with Gasteiger partial charge in [0.1, 0.15) is 24.2 Å². The first-order valence-electron chi connectivity index (χ1n) is 11.2. The van der Waals surface area contributed by atoms with Crippen LogP contribution < -0.4 is 38.5 Å². The second-order valence-corrected chi connectivity index (χ2v) is 8.29. The van der Waals surface area contributed by atoms with Crippen LogP contribution in [0, 0.1) is 0 Å². The number of guanidine groups is 1. The van der Waals surface area contributed by atoms with Crippen molar-refractivity contribution in [3.8, 4) is 0 Å². The fourth-order valence-electron chi connectivity index (χ4n) is 2.99. The monoisotopic (exact) mass is 542 g/mol. The van der Waals surface area contributed by atoms with E-state index in [1.54, 1.807) is 0 Å². The number of carboxylic acids is 1. The Labute approximate surface area is 218 Å². The van der Waals surface area contributed by atoms with Crippen molar-refractivity contribution in [1.82, 2.24) is 31.2 Å². The number of nitrogens with zero attached hydrogens (tertiary/aromatic N) is 2. The molecular weight excluding hydrogens is 508 g/mol. The number of rotatable bonds is 16. The molecule has 37 heavy (non-hydrogen) atoms. The number of amides is 4. The normalized spacial score (nSPS) is 13.8. The van der Waals surface area contributed by atoms with Gasteiger partial charge in [0, 0.05) is 30.6 Å². The van der Waals surface area contributed by atoms with Crippen LogP contribution in [0.2, 0.25) is 0 Å². The molecule has 16 nitrogen and oxygen atoms in total. The number of aliphatic imine (C=N–C) groups is 1. The Hall–Kier alpha value is -3.86. The lowest BCUT2D eigenvalue weighted by atomic mass is 10.1. The molecule has 206 valence electrons. The summed E-state index contributed by atoms with van der Waals surface area (Å²) in [6.45, 7) is 1.25. The fourth-order valence-corrected chi connectivity index (χ4v) is 3.24. The van der Waals surface area contributed by atoms with E-state index in [2.05, 4.69) is 48.9 Å². The van der Waals surface area contributed by atoms with E-state index in [9.17, 15) is 29.1 Å². The average Bonchev–Trinajstić information content (AvgIpc) is 3.36. The Morgan fingerprint density at radius 3 is 2.22 bits per heavy atom. The van der Waals surface area contributed by atoms with Crippen LogP contribution in [0.25, 0.3) is 0 Å². The first kappa shape index (κ1) is 31.2. The third kappa shape index (κ3) is 11.6. The van der Waals surface area contributed by atoms with E-state index in [4.69, 9.17) is 17.2 Å². The lowest BCUT2D eigenvalue weighted by molar-refractivity contribution is -0.141. The first-order chi connectivity index (χ1) is 17.5. The van der Waals surface area contributed by atoms with Crippen LogP contribution in [0.5, 0.6) is 0 Å². The summed E-state index contributed by atoms with van der Waals surface area (Å²) < 4.78 is 0. The van der Waals surface area contributed by atoms with Crippen LogP contribution in [-0.2, 0) is 30.4 Å². The number of aromatic nitrogens is 2. The Balaban J connectivity index is 3.06. The zero-order valence-electron chi connectivity index (χ0n) is 20.3. The molecule has 0 aliphatic heterocycles. The number of hydrogen-bond acceptors (Lipinski definition) is 9. The van der Waals surface area contributed by atoms with Crippen molar-refractivity contribution in [3.63, 3.8) is 0 Å². The highest BCUT2D eigenvalue weighted by Crippen LogP contribution is 2.05. The molecule has 0 fully saturated rings. The van der Waals surface area contributed by atoms with Gasteiger partial charge >= 0.3 is 5.97 Å². The van der Waals surface area contributed by atoms with Crippen molar-refractivity contribution in [2.24, 2.45) is 22.2 Å². The third-order valence-electron chi connectivity index (χ3n) is 4.94. The summed E-state index contributed by atoms with van der Waals surface area (Å²) in [6.07, 6.45) is 3.15. The number of carbonyl (C=O) groups excluding carboxylic acids is 4. The molecule has 0 bridgehead atoms. The minimum Gasteiger partial charge on any atom is -0.480 e. The minimum atomic E-state index is -1.30. The summed E-state index contributed by atoms with van der Waals surface area (Å²) in [7, 11) is 0. The molecule has 1 aromatic heterocycles. The highest BCUT2D eigenvalue weighted by Gasteiger charge is 2.30. The number of H-pyrrole nitrogens is 1. The van der Waals surface area contributed by atoms with E-state index in [0.717, 1.165) is 0 Å². The summed E-state index contributed by atoms with van der Waals surface area (Å²) in [5.41, 5.74) is 16.4. The molecule has 4 amide bonds. The first-order valence-corrected chi connectivity index (χ1v) is 11.9. The molecule has 1 heterocycles. The Kier molecular flexibility index (Phi) is 13.5. The predicted molar refractivity (Wildman–Crippen MR) is 136 cm³/mol. The van der Waals surface area contributed by atoms with Crippen LogP contribution in [0.4, 0.5) is 0 Å². The molecule has 0 saturated heterocycles. The lowest BCUT2D eigenvalue weighted by Crippen LogP contribution is -2.58. The molecule has 0 spiro atoms. The van der Waals surface area contributed by atoms with E-state index in [1.807, 2.05) is 0 Å². The van der Waals surface area contributed by atoms with Gasteiger partial charge in [-0.25, -0.2) is 9.78 Å². The van der Waals surface area contributed by atoms with Crippen molar-refractivity contribution in [2.75, 3.05) is 18.8 Å². The summed E-state index contributed by atoms with van der Waals surface area (Å²) in [5.74, 6) is -4.37. The number of aromatic amines is 1. The summed E-state index contributed by atoms with van der Waals surface area (Å²) in [6, 6.07) is -4.66. The predicted octanol–water partition coefficient (Wildman–Crippen LogP) is -4.06. The number of hydrogen-bond donors (Lipinski definition) is 10. The van der Waals surface area contributed by atoms with Crippen LogP contribution in [0.15, 0.2) is 17.5 Å². The van der Waals surface area contributed by atoms with Crippen LogP contribution in [0.1, 0.15) is 25.5 Å². The van der Waals surface area contributed by atoms with E-state index in [-0.39, 0.29) is 44.1 Å². The third-order valence-corrected chi connectivity index (χ3v) is 5.31. The van der Waals surface area contributed by atoms with Crippen molar-refractivity contribution in [3.05, 3.63) is 18.2 Å². The Morgan fingerprint density at radius 2 is 1.68 bits per heavy atom. The van der Waals surface area contributed by atoms with E-state index < -0.39 is 53.8 Å². The van der Waals surface area contributed by atoms with E-state index in [1.165, 1.54) is 19.4 Å². The maximum Gasteiger partial charge on any atom is 0.327 e. The van der Waals surface area contributed by atoms with E-state index >= 15 is 0 Å². The number of nitrogens with one attached hydrogen (secondary N) is 5. The molecule has 17 heteroatoms. The molecule has 1 rings (SSSR count). The van der Waals surface area contributed by atoms with Gasteiger partial charge in [0.2, 0.25) is 23.6 Å². The summed E-state index contributed by atoms with van der Waals surface area (Å²) >= 11 is 3.92. The molecule has 0 radical (unpaired) electrons. The second-order valence-electron chi connectivity index (χ2n) is 7.93. The standard InChI is InChI=1S/C20H34N10O6S/c1-10(27-15(31)6-21)16(32)29-13(5-11-7-24-9-26-11)18(34)28-12(3-2-4-25-20(22)23)17(33)30-14(8-37)19(35)36/h7,9-10,12-14,37H,2-6,8,21H2,1H3,(H,24,26)(H,27,31)(H,28,34)(H,29,32)(H,30,33)(H,35,36)(H4,22,23,25)/t10-,12-,13-,14-/m0/s1. The Morgan fingerprint density at radius 1 is 1.05 bits per heavy atom. The number of imidazole rings is 1.